The van der Waals surface area contributed by atoms with Crippen LogP contribution < -0.4 is 19.5 Å². The molecule has 0 bridgehead atoms. The van der Waals surface area contributed by atoms with Crippen molar-refractivity contribution in [2.75, 3.05) is 27.6 Å². The molecule has 1 aromatic carbocycles. The van der Waals surface area contributed by atoms with Crippen molar-refractivity contribution >= 4 is 5.97 Å². The number of ether oxygens (including phenoxy) is 4. The monoisotopic (exact) mass is 281 g/mol. The SMILES string of the molecule is CCOC(=O)CC(NC)c1cc(OC)c2c(c1)OCO2. The van der Waals surface area contributed by atoms with Gasteiger partial charge in [-0.3, -0.25) is 4.79 Å². The molecule has 20 heavy (non-hydrogen) atoms. The summed E-state index contributed by atoms with van der Waals surface area (Å²) >= 11 is 0. The van der Waals surface area contributed by atoms with E-state index in [1.165, 1.54) is 0 Å². The van der Waals surface area contributed by atoms with Crippen LogP contribution in [0, 0.1) is 0 Å². The summed E-state index contributed by atoms with van der Waals surface area (Å²) in [6.45, 7) is 2.34. The molecule has 0 radical (unpaired) electrons. The quantitative estimate of drug-likeness (QED) is 0.800. The molecule has 0 amide bonds. The summed E-state index contributed by atoms with van der Waals surface area (Å²) in [6, 6.07) is 3.52. The highest BCUT2D eigenvalue weighted by Crippen LogP contribution is 2.43. The highest BCUT2D eigenvalue weighted by atomic mass is 16.7. The number of fused-ring (bicyclic) bond motifs is 1. The molecule has 110 valence electrons. The highest BCUT2D eigenvalue weighted by molar-refractivity contribution is 5.70. The molecule has 0 aliphatic carbocycles. The summed E-state index contributed by atoms with van der Waals surface area (Å²) < 4.78 is 21.0. The van der Waals surface area contributed by atoms with Crippen molar-refractivity contribution in [3.8, 4) is 17.2 Å². The van der Waals surface area contributed by atoms with Gasteiger partial charge in [0.2, 0.25) is 12.5 Å². The maximum absolute atomic E-state index is 11.6. The van der Waals surface area contributed by atoms with Crippen molar-refractivity contribution in [1.82, 2.24) is 5.32 Å². The van der Waals surface area contributed by atoms with Crippen LogP contribution in [0.2, 0.25) is 0 Å². The Balaban J connectivity index is 2.23. The molecule has 0 spiro atoms. The lowest BCUT2D eigenvalue weighted by molar-refractivity contribution is -0.143. The summed E-state index contributed by atoms with van der Waals surface area (Å²) in [7, 11) is 3.36. The van der Waals surface area contributed by atoms with Crippen molar-refractivity contribution in [2.24, 2.45) is 0 Å². The van der Waals surface area contributed by atoms with Gasteiger partial charge in [0.25, 0.3) is 0 Å². The molecule has 2 rings (SSSR count). The van der Waals surface area contributed by atoms with Crippen molar-refractivity contribution in [3.63, 3.8) is 0 Å². The normalized spacial score (nSPS) is 13.9. The number of carbonyl (C=O) groups excluding carboxylic acids is 1. The standard InChI is InChI=1S/C14H19NO5/c1-4-18-13(16)7-10(15-2)9-5-11(17-3)14-12(6-9)19-8-20-14/h5-6,10,15H,4,7-8H2,1-3H3. The van der Waals surface area contributed by atoms with Gasteiger partial charge in [-0.15, -0.1) is 0 Å². The molecule has 1 unspecified atom stereocenters. The lowest BCUT2D eigenvalue weighted by Gasteiger charge is -2.17. The first-order valence-electron chi connectivity index (χ1n) is 6.50. The minimum Gasteiger partial charge on any atom is -0.493 e. The summed E-state index contributed by atoms with van der Waals surface area (Å²) in [4.78, 5) is 11.6. The zero-order chi connectivity index (χ0) is 14.5. The fraction of sp³-hybridized carbons (Fsp3) is 0.500. The summed E-state index contributed by atoms with van der Waals surface area (Å²) in [5.74, 6) is 1.58. The molecule has 0 saturated carbocycles. The zero-order valence-electron chi connectivity index (χ0n) is 11.9. The summed E-state index contributed by atoms with van der Waals surface area (Å²) in [6.07, 6.45) is 0.243. The zero-order valence-corrected chi connectivity index (χ0v) is 11.9. The van der Waals surface area contributed by atoms with Gasteiger partial charge >= 0.3 is 5.97 Å². The van der Waals surface area contributed by atoms with Crippen LogP contribution in [0.4, 0.5) is 0 Å². The van der Waals surface area contributed by atoms with Gasteiger partial charge in [-0.25, -0.2) is 0 Å². The van der Waals surface area contributed by atoms with Gasteiger partial charge in [-0.2, -0.15) is 0 Å². The summed E-state index contributed by atoms with van der Waals surface area (Å²) in [5, 5.41) is 3.10. The van der Waals surface area contributed by atoms with Gasteiger partial charge in [0.1, 0.15) is 0 Å². The fourth-order valence-corrected chi connectivity index (χ4v) is 2.12. The van der Waals surface area contributed by atoms with E-state index in [0.29, 0.717) is 23.9 Å². The first-order valence-corrected chi connectivity index (χ1v) is 6.50. The Morgan fingerprint density at radius 3 is 2.90 bits per heavy atom. The van der Waals surface area contributed by atoms with Gasteiger partial charge in [0, 0.05) is 6.04 Å². The van der Waals surface area contributed by atoms with E-state index in [-0.39, 0.29) is 25.2 Å². The maximum Gasteiger partial charge on any atom is 0.307 e. The van der Waals surface area contributed by atoms with Crippen LogP contribution in [0.5, 0.6) is 17.2 Å². The number of rotatable bonds is 6. The topological polar surface area (TPSA) is 66.0 Å². The Kier molecular flexibility index (Phi) is 4.68. The highest BCUT2D eigenvalue weighted by Gasteiger charge is 2.24. The maximum atomic E-state index is 11.6. The van der Waals surface area contributed by atoms with Crippen LogP contribution in [0.3, 0.4) is 0 Å². The van der Waals surface area contributed by atoms with Crippen LogP contribution in [-0.4, -0.2) is 33.5 Å². The van der Waals surface area contributed by atoms with Gasteiger partial charge in [0.05, 0.1) is 20.1 Å². The molecule has 1 aliphatic rings. The smallest absolute Gasteiger partial charge is 0.307 e. The van der Waals surface area contributed by atoms with Crippen LogP contribution in [0.25, 0.3) is 0 Å². The second kappa shape index (κ2) is 6.47. The number of benzene rings is 1. The molecule has 1 N–H and O–H groups in total. The van der Waals surface area contributed by atoms with Crippen molar-refractivity contribution in [2.45, 2.75) is 19.4 Å². The predicted octanol–water partition coefficient (Wildman–Crippen LogP) is 1.64. The number of hydrogen-bond acceptors (Lipinski definition) is 6. The Labute approximate surface area is 118 Å². The van der Waals surface area contributed by atoms with E-state index in [0.717, 1.165) is 5.56 Å². The van der Waals surface area contributed by atoms with Gasteiger partial charge < -0.3 is 24.3 Å². The molecule has 1 aromatic rings. The lowest BCUT2D eigenvalue weighted by atomic mass is 10.0. The number of hydrogen-bond donors (Lipinski definition) is 1. The van der Waals surface area contributed by atoms with Crippen LogP contribution >= 0.6 is 0 Å². The number of nitrogens with one attached hydrogen (secondary N) is 1. The Morgan fingerprint density at radius 1 is 1.45 bits per heavy atom. The molecule has 6 nitrogen and oxygen atoms in total. The van der Waals surface area contributed by atoms with Gasteiger partial charge in [-0.05, 0) is 31.7 Å². The van der Waals surface area contributed by atoms with Crippen molar-refractivity contribution in [1.29, 1.82) is 0 Å². The van der Waals surface area contributed by atoms with Crippen molar-refractivity contribution in [3.05, 3.63) is 17.7 Å². The Morgan fingerprint density at radius 2 is 2.25 bits per heavy atom. The van der Waals surface area contributed by atoms with Crippen LogP contribution in [0.1, 0.15) is 24.9 Å². The van der Waals surface area contributed by atoms with Gasteiger partial charge in [-0.1, -0.05) is 0 Å². The van der Waals surface area contributed by atoms with Crippen LogP contribution in [0.15, 0.2) is 12.1 Å². The molecule has 6 heteroatoms. The third kappa shape index (κ3) is 2.96. The van der Waals surface area contributed by atoms with E-state index in [4.69, 9.17) is 18.9 Å². The first kappa shape index (κ1) is 14.5. The van der Waals surface area contributed by atoms with E-state index in [2.05, 4.69) is 5.32 Å². The van der Waals surface area contributed by atoms with Crippen molar-refractivity contribution < 1.29 is 23.7 Å². The first-order chi connectivity index (χ1) is 9.69. The third-order valence-corrected chi connectivity index (χ3v) is 3.11. The van der Waals surface area contributed by atoms with E-state index in [1.807, 2.05) is 12.1 Å². The minimum absolute atomic E-state index is 0.169. The number of carbonyl (C=O) groups is 1. The fourth-order valence-electron chi connectivity index (χ4n) is 2.12. The average molecular weight is 281 g/mol. The molecule has 0 saturated heterocycles. The van der Waals surface area contributed by atoms with E-state index < -0.39 is 0 Å². The molecular formula is C14H19NO5. The number of methoxy groups -OCH3 is 1. The molecule has 1 aliphatic heterocycles. The molecule has 0 fully saturated rings. The van der Waals surface area contributed by atoms with Gasteiger partial charge in [0.15, 0.2) is 11.5 Å². The Bertz CT molecular complexity index is 489. The van der Waals surface area contributed by atoms with E-state index >= 15 is 0 Å². The minimum atomic E-state index is -0.247. The Hall–Kier alpha value is -1.95. The van der Waals surface area contributed by atoms with E-state index in [9.17, 15) is 4.79 Å². The predicted molar refractivity (Wildman–Crippen MR) is 72.2 cm³/mol. The third-order valence-electron chi connectivity index (χ3n) is 3.11. The molecule has 0 aromatic heterocycles. The largest absolute Gasteiger partial charge is 0.493 e. The average Bonchev–Trinajstić information content (AvgIpc) is 2.92. The second-order valence-corrected chi connectivity index (χ2v) is 4.31. The number of esters is 1. The second-order valence-electron chi connectivity index (χ2n) is 4.31. The molecular weight excluding hydrogens is 262 g/mol. The molecule has 1 atom stereocenters. The van der Waals surface area contributed by atoms with Crippen LogP contribution in [-0.2, 0) is 9.53 Å². The molecule has 1 heterocycles. The van der Waals surface area contributed by atoms with E-state index in [1.54, 1.807) is 21.1 Å². The summed E-state index contributed by atoms with van der Waals surface area (Å²) in [5.41, 5.74) is 0.890. The lowest BCUT2D eigenvalue weighted by Crippen LogP contribution is -2.21.